The Kier molecular flexibility index (Phi) is 3.17. The number of rotatable bonds is 3. The molecule has 1 aliphatic heterocycles. The highest BCUT2D eigenvalue weighted by atomic mass is 32.2. The van der Waals surface area contributed by atoms with Gasteiger partial charge in [0.25, 0.3) is 0 Å². The van der Waals surface area contributed by atoms with E-state index in [9.17, 15) is 8.42 Å². The average Bonchev–Trinajstić information content (AvgIpc) is 3.09. The lowest BCUT2D eigenvalue weighted by Crippen LogP contribution is -2.49. The number of imidazole rings is 1. The first kappa shape index (κ1) is 13.1. The van der Waals surface area contributed by atoms with Crippen molar-refractivity contribution in [1.82, 2.24) is 14.9 Å². The van der Waals surface area contributed by atoms with Crippen LogP contribution < -0.4 is 0 Å². The third kappa shape index (κ3) is 2.84. The van der Waals surface area contributed by atoms with Crippen LogP contribution in [0, 0.1) is 19.8 Å². The summed E-state index contributed by atoms with van der Waals surface area (Å²) in [5, 5.41) is 0. The summed E-state index contributed by atoms with van der Waals surface area (Å²) in [5.41, 5.74) is 2.16. The molecule has 0 radical (unpaired) electrons. The summed E-state index contributed by atoms with van der Waals surface area (Å²) in [6.45, 7) is 5.40. The maximum Gasteiger partial charge on any atom is 0.153 e. The number of hydrogen-bond donors (Lipinski definition) is 1. The first-order valence-electron chi connectivity index (χ1n) is 6.91. The van der Waals surface area contributed by atoms with E-state index in [1.807, 2.05) is 13.8 Å². The molecule has 5 nitrogen and oxygen atoms in total. The molecule has 6 heteroatoms. The Balaban J connectivity index is 1.77. The summed E-state index contributed by atoms with van der Waals surface area (Å²) < 4.78 is 23.6. The van der Waals surface area contributed by atoms with Crippen molar-refractivity contribution in [3.63, 3.8) is 0 Å². The van der Waals surface area contributed by atoms with Crippen molar-refractivity contribution < 1.29 is 8.42 Å². The Morgan fingerprint density at radius 3 is 2.68 bits per heavy atom. The second-order valence-electron chi connectivity index (χ2n) is 5.88. The molecule has 0 aromatic carbocycles. The van der Waals surface area contributed by atoms with Gasteiger partial charge in [-0.05, 0) is 32.6 Å². The van der Waals surface area contributed by atoms with Gasteiger partial charge < -0.3 is 4.98 Å². The molecule has 3 rings (SSSR count). The highest BCUT2D eigenvalue weighted by Crippen LogP contribution is 2.38. The highest BCUT2D eigenvalue weighted by molar-refractivity contribution is 7.91. The predicted octanol–water partition coefficient (Wildman–Crippen LogP) is 1.04. The number of aryl methyl sites for hydroxylation is 2. The lowest BCUT2D eigenvalue weighted by atomic mass is 10.1. The van der Waals surface area contributed by atoms with E-state index >= 15 is 0 Å². The van der Waals surface area contributed by atoms with Gasteiger partial charge in [0.15, 0.2) is 9.84 Å². The van der Waals surface area contributed by atoms with Gasteiger partial charge in [-0.25, -0.2) is 13.4 Å². The van der Waals surface area contributed by atoms with Gasteiger partial charge >= 0.3 is 0 Å². The van der Waals surface area contributed by atoms with Crippen LogP contribution in [0.5, 0.6) is 0 Å². The highest BCUT2D eigenvalue weighted by Gasteiger charge is 2.41. The van der Waals surface area contributed by atoms with Crippen molar-refractivity contribution in [3.8, 4) is 0 Å². The number of aromatic amines is 1. The minimum atomic E-state index is -2.84. The number of nitrogens with zero attached hydrogens (tertiary/aromatic N) is 2. The Labute approximate surface area is 114 Å². The zero-order valence-corrected chi connectivity index (χ0v) is 12.3. The van der Waals surface area contributed by atoms with E-state index in [1.165, 1.54) is 12.8 Å². The van der Waals surface area contributed by atoms with Crippen LogP contribution in [0.15, 0.2) is 0 Å². The van der Waals surface area contributed by atoms with Crippen LogP contribution in [-0.4, -0.2) is 47.4 Å². The van der Waals surface area contributed by atoms with Crippen LogP contribution in [-0.2, 0) is 16.4 Å². The van der Waals surface area contributed by atoms with Crippen molar-refractivity contribution >= 4 is 9.84 Å². The molecule has 2 heterocycles. The quantitative estimate of drug-likeness (QED) is 0.900. The van der Waals surface area contributed by atoms with Crippen molar-refractivity contribution in [2.75, 3.05) is 18.1 Å². The van der Waals surface area contributed by atoms with Gasteiger partial charge in [-0.3, -0.25) is 4.90 Å². The number of hydrogen-bond acceptors (Lipinski definition) is 4. The first-order chi connectivity index (χ1) is 8.94. The van der Waals surface area contributed by atoms with Crippen LogP contribution in [0.1, 0.15) is 30.1 Å². The number of H-pyrrole nitrogens is 1. The third-order valence-corrected chi connectivity index (χ3v) is 5.86. The summed E-state index contributed by atoms with van der Waals surface area (Å²) >= 11 is 0. The lowest BCUT2D eigenvalue weighted by Gasteiger charge is -2.35. The molecule has 1 atom stereocenters. The maximum atomic E-state index is 11.8. The average molecular weight is 283 g/mol. The summed E-state index contributed by atoms with van der Waals surface area (Å²) in [7, 11) is -2.84. The van der Waals surface area contributed by atoms with E-state index in [4.69, 9.17) is 0 Å². The fourth-order valence-electron chi connectivity index (χ4n) is 2.99. The molecule has 1 unspecified atom stereocenters. The van der Waals surface area contributed by atoms with Crippen molar-refractivity contribution in [3.05, 3.63) is 17.2 Å². The van der Waals surface area contributed by atoms with E-state index < -0.39 is 9.84 Å². The van der Waals surface area contributed by atoms with Gasteiger partial charge in [0.05, 0.1) is 17.2 Å². The molecular formula is C13H21N3O2S. The number of sulfone groups is 1. The van der Waals surface area contributed by atoms with Gasteiger partial charge in [0.1, 0.15) is 5.82 Å². The molecule has 1 aliphatic carbocycles. The summed E-state index contributed by atoms with van der Waals surface area (Å²) in [6.07, 6.45) is 2.35. The van der Waals surface area contributed by atoms with Crippen molar-refractivity contribution in [2.45, 2.75) is 39.3 Å². The minimum Gasteiger partial charge on any atom is -0.346 e. The standard InChI is InChI=1S/C13H21N3O2S/c1-9-12(15-10(2)14-9)7-16-5-6-19(17,18)8-13(16)11-3-4-11/h11,13H,3-8H2,1-2H3,(H,14,15). The summed E-state index contributed by atoms with van der Waals surface area (Å²) in [4.78, 5) is 10.0. The van der Waals surface area contributed by atoms with Gasteiger partial charge in [-0.2, -0.15) is 0 Å². The molecule has 2 aliphatic rings. The molecule has 0 amide bonds. The largest absolute Gasteiger partial charge is 0.346 e. The smallest absolute Gasteiger partial charge is 0.153 e. The fourth-order valence-corrected chi connectivity index (χ4v) is 4.67. The molecule has 1 saturated heterocycles. The van der Waals surface area contributed by atoms with E-state index in [2.05, 4.69) is 14.9 Å². The van der Waals surface area contributed by atoms with Crippen LogP contribution in [0.3, 0.4) is 0 Å². The predicted molar refractivity (Wildman–Crippen MR) is 73.6 cm³/mol. The molecule has 1 aromatic rings. The zero-order valence-electron chi connectivity index (χ0n) is 11.5. The molecule has 1 N–H and O–H groups in total. The van der Waals surface area contributed by atoms with E-state index in [-0.39, 0.29) is 6.04 Å². The van der Waals surface area contributed by atoms with Crippen LogP contribution in [0.2, 0.25) is 0 Å². The van der Waals surface area contributed by atoms with Gasteiger partial charge in [-0.1, -0.05) is 0 Å². The topological polar surface area (TPSA) is 66.1 Å². The van der Waals surface area contributed by atoms with Crippen molar-refractivity contribution in [2.24, 2.45) is 5.92 Å². The molecule has 0 spiro atoms. The second kappa shape index (κ2) is 4.59. The summed E-state index contributed by atoms with van der Waals surface area (Å²) in [6, 6.07) is 0.204. The Bertz CT molecular complexity index is 575. The molecular weight excluding hydrogens is 262 g/mol. The van der Waals surface area contributed by atoms with Gasteiger partial charge in [0.2, 0.25) is 0 Å². The maximum absolute atomic E-state index is 11.8. The normalized spacial score (nSPS) is 27.6. The molecule has 0 bridgehead atoms. The zero-order chi connectivity index (χ0) is 13.6. The Hall–Kier alpha value is -0.880. The van der Waals surface area contributed by atoms with E-state index in [0.29, 0.717) is 24.0 Å². The van der Waals surface area contributed by atoms with Crippen LogP contribution in [0.4, 0.5) is 0 Å². The Morgan fingerprint density at radius 1 is 1.37 bits per heavy atom. The molecule has 2 fully saturated rings. The van der Waals surface area contributed by atoms with E-state index in [0.717, 1.165) is 23.8 Å². The number of aromatic nitrogens is 2. The van der Waals surface area contributed by atoms with Crippen LogP contribution >= 0.6 is 0 Å². The van der Waals surface area contributed by atoms with Crippen LogP contribution in [0.25, 0.3) is 0 Å². The third-order valence-electron chi connectivity index (χ3n) is 4.21. The SMILES string of the molecule is Cc1nc(CN2CCS(=O)(=O)CC2C2CC2)c(C)[nH]1. The number of nitrogens with one attached hydrogen (secondary N) is 1. The Morgan fingerprint density at radius 2 is 2.11 bits per heavy atom. The molecule has 1 saturated carbocycles. The molecule has 19 heavy (non-hydrogen) atoms. The minimum absolute atomic E-state index is 0.204. The summed E-state index contributed by atoms with van der Waals surface area (Å²) in [5.74, 6) is 2.13. The molecule has 106 valence electrons. The van der Waals surface area contributed by atoms with Gasteiger partial charge in [-0.15, -0.1) is 0 Å². The second-order valence-corrected chi connectivity index (χ2v) is 8.11. The first-order valence-corrected chi connectivity index (χ1v) is 8.73. The van der Waals surface area contributed by atoms with Gasteiger partial charge in [0, 0.05) is 24.8 Å². The molecule has 1 aromatic heterocycles. The monoisotopic (exact) mass is 283 g/mol. The van der Waals surface area contributed by atoms with Crippen molar-refractivity contribution in [1.29, 1.82) is 0 Å². The fraction of sp³-hybridized carbons (Fsp3) is 0.769. The lowest BCUT2D eigenvalue weighted by molar-refractivity contribution is 0.183. The van der Waals surface area contributed by atoms with E-state index in [1.54, 1.807) is 0 Å².